The lowest BCUT2D eigenvalue weighted by molar-refractivity contribution is -0.384. The van der Waals surface area contributed by atoms with Gasteiger partial charge in [-0.2, -0.15) is 5.26 Å². The standard InChI is InChI=1S/C22H15N5O2S/c1-26-21(15-6-3-2-4-7-15)24-25-22(26)17(14-23)13-19-10-11-20(30-19)16-8-5-9-18(12-16)27(28)29/h2-13H,1H3/b17-13-. The molecule has 0 N–H and O–H groups in total. The van der Waals surface area contributed by atoms with Crippen molar-refractivity contribution in [2.24, 2.45) is 7.05 Å². The van der Waals surface area contributed by atoms with Crippen LogP contribution < -0.4 is 0 Å². The molecule has 2 aromatic heterocycles. The van der Waals surface area contributed by atoms with Gasteiger partial charge in [0, 0.05) is 34.5 Å². The predicted octanol–water partition coefficient (Wildman–Crippen LogP) is 5.18. The second-order valence-corrected chi connectivity index (χ2v) is 7.57. The van der Waals surface area contributed by atoms with E-state index in [1.54, 1.807) is 22.8 Å². The van der Waals surface area contributed by atoms with Crippen LogP contribution in [0.3, 0.4) is 0 Å². The van der Waals surface area contributed by atoms with E-state index < -0.39 is 4.92 Å². The van der Waals surface area contributed by atoms with Crippen molar-refractivity contribution in [1.29, 1.82) is 5.26 Å². The normalized spacial score (nSPS) is 11.3. The lowest BCUT2D eigenvalue weighted by Gasteiger charge is -2.03. The summed E-state index contributed by atoms with van der Waals surface area (Å²) in [5.74, 6) is 1.15. The van der Waals surface area contributed by atoms with Crippen LogP contribution in [0.2, 0.25) is 0 Å². The Hall–Kier alpha value is -4.09. The highest BCUT2D eigenvalue weighted by Gasteiger charge is 2.15. The Morgan fingerprint density at radius 1 is 1.10 bits per heavy atom. The summed E-state index contributed by atoms with van der Waals surface area (Å²) in [6.45, 7) is 0. The van der Waals surface area contributed by atoms with Gasteiger partial charge in [-0.05, 0) is 23.8 Å². The summed E-state index contributed by atoms with van der Waals surface area (Å²) in [6.07, 6.45) is 1.75. The minimum Gasteiger partial charge on any atom is -0.310 e. The topological polar surface area (TPSA) is 97.6 Å². The number of nitro benzene ring substituents is 1. The van der Waals surface area contributed by atoms with E-state index in [0.29, 0.717) is 17.2 Å². The fourth-order valence-corrected chi connectivity index (χ4v) is 4.00. The molecule has 0 aliphatic rings. The SMILES string of the molecule is Cn1c(/C(C#N)=C\c2ccc(-c3cccc([N+](=O)[O-])c3)s2)nnc1-c1ccccc1. The number of hydrogen-bond donors (Lipinski definition) is 0. The number of benzene rings is 2. The Balaban J connectivity index is 1.67. The van der Waals surface area contributed by atoms with Crippen LogP contribution in [-0.4, -0.2) is 19.7 Å². The van der Waals surface area contributed by atoms with Gasteiger partial charge in [0.05, 0.1) is 10.5 Å². The third-order valence-electron chi connectivity index (χ3n) is 4.52. The zero-order valence-corrected chi connectivity index (χ0v) is 16.7. The molecule has 4 rings (SSSR count). The van der Waals surface area contributed by atoms with Crippen LogP contribution in [0.5, 0.6) is 0 Å². The number of nitro groups is 1. The molecule has 0 bridgehead atoms. The van der Waals surface area contributed by atoms with Crippen LogP contribution in [0.4, 0.5) is 5.69 Å². The van der Waals surface area contributed by atoms with Gasteiger partial charge in [-0.25, -0.2) is 0 Å². The molecule has 0 saturated heterocycles. The first-order valence-corrected chi connectivity index (χ1v) is 9.80. The van der Waals surface area contributed by atoms with E-state index in [2.05, 4.69) is 16.3 Å². The number of allylic oxidation sites excluding steroid dienone is 1. The maximum atomic E-state index is 11.0. The van der Waals surface area contributed by atoms with Crippen molar-refractivity contribution in [2.75, 3.05) is 0 Å². The first-order valence-electron chi connectivity index (χ1n) is 8.98. The lowest BCUT2D eigenvalue weighted by Crippen LogP contribution is -1.98. The van der Waals surface area contributed by atoms with Crippen molar-refractivity contribution in [1.82, 2.24) is 14.8 Å². The molecule has 0 atom stereocenters. The van der Waals surface area contributed by atoms with Gasteiger partial charge in [-0.15, -0.1) is 21.5 Å². The van der Waals surface area contributed by atoms with Gasteiger partial charge in [0.1, 0.15) is 6.07 Å². The number of rotatable bonds is 5. The van der Waals surface area contributed by atoms with Crippen LogP contribution >= 0.6 is 11.3 Å². The minimum absolute atomic E-state index is 0.0447. The second kappa shape index (κ2) is 8.11. The lowest BCUT2D eigenvalue weighted by atomic mass is 10.1. The fourth-order valence-electron chi connectivity index (χ4n) is 3.05. The van der Waals surface area contributed by atoms with Gasteiger partial charge in [0.25, 0.3) is 5.69 Å². The Morgan fingerprint density at radius 2 is 1.87 bits per heavy atom. The first-order chi connectivity index (χ1) is 14.6. The summed E-state index contributed by atoms with van der Waals surface area (Å²) in [5, 5.41) is 29.2. The molecule has 0 spiro atoms. The van der Waals surface area contributed by atoms with Crippen molar-refractivity contribution in [3.8, 4) is 27.9 Å². The molecule has 0 unspecified atom stereocenters. The molecular formula is C22H15N5O2S. The number of nitrogens with zero attached hydrogens (tertiary/aromatic N) is 5. The highest BCUT2D eigenvalue weighted by molar-refractivity contribution is 7.16. The molecule has 2 heterocycles. The summed E-state index contributed by atoms with van der Waals surface area (Å²) < 4.78 is 1.79. The van der Waals surface area contributed by atoms with Gasteiger partial charge in [0.15, 0.2) is 11.6 Å². The van der Waals surface area contributed by atoms with Gasteiger partial charge >= 0.3 is 0 Å². The molecule has 0 radical (unpaired) electrons. The van der Waals surface area contributed by atoms with E-state index >= 15 is 0 Å². The Bertz CT molecular complexity index is 1300. The maximum absolute atomic E-state index is 11.0. The summed E-state index contributed by atoms with van der Waals surface area (Å²) in [5.41, 5.74) is 2.11. The third kappa shape index (κ3) is 3.74. The minimum atomic E-state index is -0.413. The molecule has 146 valence electrons. The summed E-state index contributed by atoms with van der Waals surface area (Å²) in [7, 11) is 1.83. The van der Waals surface area contributed by atoms with Crippen molar-refractivity contribution >= 4 is 28.7 Å². The average Bonchev–Trinajstić information content (AvgIpc) is 3.39. The molecular weight excluding hydrogens is 398 g/mol. The molecule has 2 aromatic carbocycles. The monoisotopic (exact) mass is 413 g/mol. The zero-order chi connectivity index (χ0) is 21.1. The highest BCUT2D eigenvalue weighted by atomic mass is 32.1. The number of aromatic nitrogens is 3. The van der Waals surface area contributed by atoms with Crippen LogP contribution in [0, 0.1) is 21.4 Å². The van der Waals surface area contributed by atoms with E-state index in [1.807, 2.05) is 55.6 Å². The van der Waals surface area contributed by atoms with Crippen LogP contribution in [0.15, 0.2) is 66.7 Å². The van der Waals surface area contributed by atoms with Gasteiger partial charge in [-0.3, -0.25) is 10.1 Å². The molecule has 0 aliphatic carbocycles. The van der Waals surface area contributed by atoms with Crippen molar-refractivity contribution in [2.45, 2.75) is 0 Å². The summed E-state index contributed by atoms with van der Waals surface area (Å²) >= 11 is 1.45. The number of non-ortho nitro benzene ring substituents is 1. The predicted molar refractivity (Wildman–Crippen MR) is 116 cm³/mol. The third-order valence-corrected chi connectivity index (χ3v) is 5.60. The first kappa shape index (κ1) is 19.2. The highest BCUT2D eigenvalue weighted by Crippen LogP contribution is 2.32. The molecule has 30 heavy (non-hydrogen) atoms. The average molecular weight is 413 g/mol. The second-order valence-electron chi connectivity index (χ2n) is 6.45. The Kier molecular flexibility index (Phi) is 5.20. The van der Waals surface area contributed by atoms with E-state index in [0.717, 1.165) is 20.9 Å². The molecule has 0 amide bonds. The van der Waals surface area contributed by atoms with Crippen LogP contribution in [0.1, 0.15) is 10.7 Å². The Morgan fingerprint density at radius 3 is 2.60 bits per heavy atom. The summed E-state index contributed by atoms with van der Waals surface area (Å²) in [4.78, 5) is 12.3. The smallest absolute Gasteiger partial charge is 0.270 e. The van der Waals surface area contributed by atoms with E-state index in [-0.39, 0.29) is 5.69 Å². The van der Waals surface area contributed by atoms with Gasteiger partial charge in [-0.1, -0.05) is 42.5 Å². The van der Waals surface area contributed by atoms with Crippen LogP contribution in [-0.2, 0) is 7.05 Å². The molecule has 4 aromatic rings. The number of nitriles is 1. The molecule has 0 saturated carbocycles. The van der Waals surface area contributed by atoms with Gasteiger partial charge in [0.2, 0.25) is 0 Å². The van der Waals surface area contributed by atoms with Crippen LogP contribution in [0.25, 0.3) is 33.5 Å². The van der Waals surface area contributed by atoms with Crippen molar-refractivity contribution in [3.05, 3.63) is 87.5 Å². The van der Waals surface area contributed by atoms with Crippen molar-refractivity contribution in [3.63, 3.8) is 0 Å². The largest absolute Gasteiger partial charge is 0.310 e. The summed E-state index contributed by atoms with van der Waals surface area (Å²) in [6, 6.07) is 22.1. The van der Waals surface area contributed by atoms with E-state index in [1.165, 1.54) is 17.4 Å². The van der Waals surface area contributed by atoms with E-state index in [9.17, 15) is 15.4 Å². The quantitative estimate of drug-likeness (QED) is 0.255. The molecule has 0 aliphatic heterocycles. The number of thiophene rings is 1. The molecule has 7 nitrogen and oxygen atoms in total. The maximum Gasteiger partial charge on any atom is 0.270 e. The van der Waals surface area contributed by atoms with E-state index in [4.69, 9.17) is 0 Å². The van der Waals surface area contributed by atoms with Gasteiger partial charge < -0.3 is 4.57 Å². The van der Waals surface area contributed by atoms with Crippen molar-refractivity contribution < 1.29 is 4.92 Å². The molecule has 8 heteroatoms. The molecule has 0 fully saturated rings. The Labute approximate surface area is 176 Å². The fraction of sp³-hybridized carbons (Fsp3) is 0.0455. The zero-order valence-electron chi connectivity index (χ0n) is 15.9. The number of hydrogen-bond acceptors (Lipinski definition) is 6.